The number of pyridine rings is 1. The van der Waals surface area contributed by atoms with Crippen LogP contribution in [0, 0.1) is 0 Å². The van der Waals surface area contributed by atoms with E-state index >= 15 is 0 Å². The molecule has 20 heavy (non-hydrogen) atoms. The maximum Gasteiger partial charge on any atom is 0.250 e. The number of hydrogen-bond donors (Lipinski definition) is 2. The van der Waals surface area contributed by atoms with E-state index in [2.05, 4.69) is 10.3 Å². The number of fused-ring (bicyclic) bond motifs is 1. The van der Waals surface area contributed by atoms with Crippen LogP contribution in [0.1, 0.15) is 22.3 Å². The van der Waals surface area contributed by atoms with E-state index in [4.69, 9.17) is 5.73 Å². The van der Waals surface area contributed by atoms with Gasteiger partial charge in [0.15, 0.2) is 0 Å². The van der Waals surface area contributed by atoms with Gasteiger partial charge in [0.1, 0.15) is 0 Å². The number of carbonyl (C=O) groups is 2. The summed E-state index contributed by atoms with van der Waals surface area (Å²) in [4.78, 5) is 26.6. The van der Waals surface area contributed by atoms with E-state index in [-0.39, 0.29) is 5.91 Å². The number of primary amides is 1. The van der Waals surface area contributed by atoms with E-state index in [1.54, 1.807) is 12.3 Å². The van der Waals surface area contributed by atoms with Crippen molar-refractivity contribution in [1.29, 1.82) is 0 Å². The first-order chi connectivity index (χ1) is 9.63. The van der Waals surface area contributed by atoms with Crippen LogP contribution in [0.15, 0.2) is 36.7 Å². The van der Waals surface area contributed by atoms with E-state index < -0.39 is 5.91 Å². The van der Waals surface area contributed by atoms with Crippen molar-refractivity contribution in [3.05, 3.63) is 47.8 Å². The highest BCUT2D eigenvalue weighted by atomic mass is 16.2. The molecule has 100 valence electrons. The highest BCUT2D eigenvalue weighted by Gasteiger charge is 2.15. The molecule has 2 amide bonds. The van der Waals surface area contributed by atoms with Crippen molar-refractivity contribution in [2.75, 3.05) is 5.32 Å². The first kappa shape index (κ1) is 12.3. The van der Waals surface area contributed by atoms with E-state index in [9.17, 15) is 9.59 Å². The molecule has 0 fully saturated rings. The molecule has 2 aromatic rings. The number of aromatic nitrogens is 1. The molecule has 0 spiro atoms. The second-order valence-electron chi connectivity index (χ2n) is 4.75. The second-order valence-corrected chi connectivity index (χ2v) is 4.75. The Morgan fingerprint density at radius 2 is 2.00 bits per heavy atom. The van der Waals surface area contributed by atoms with Gasteiger partial charge in [-0.3, -0.25) is 14.6 Å². The molecule has 0 saturated carbocycles. The van der Waals surface area contributed by atoms with Gasteiger partial charge in [-0.2, -0.15) is 0 Å². The molecular formula is C15H13N3O2. The van der Waals surface area contributed by atoms with Crippen LogP contribution in [0.3, 0.4) is 0 Å². The normalized spacial score (nSPS) is 13.5. The number of rotatable bonds is 2. The van der Waals surface area contributed by atoms with Crippen molar-refractivity contribution < 1.29 is 9.59 Å². The number of nitrogens with two attached hydrogens (primary N) is 1. The Balaban J connectivity index is 2.01. The van der Waals surface area contributed by atoms with Crippen LogP contribution in [0.2, 0.25) is 0 Å². The number of hydrogen-bond acceptors (Lipinski definition) is 3. The summed E-state index contributed by atoms with van der Waals surface area (Å²) in [7, 11) is 0. The van der Waals surface area contributed by atoms with Gasteiger partial charge in [-0.15, -0.1) is 0 Å². The van der Waals surface area contributed by atoms with E-state index in [1.807, 2.05) is 18.2 Å². The summed E-state index contributed by atoms with van der Waals surface area (Å²) in [5.74, 6) is -0.452. The predicted molar refractivity (Wildman–Crippen MR) is 75.1 cm³/mol. The fraction of sp³-hybridized carbons (Fsp3) is 0.133. The summed E-state index contributed by atoms with van der Waals surface area (Å²) in [6, 6.07) is 7.50. The van der Waals surface area contributed by atoms with Crippen LogP contribution in [0.4, 0.5) is 5.69 Å². The van der Waals surface area contributed by atoms with Gasteiger partial charge in [0.2, 0.25) is 11.8 Å². The third-order valence-electron chi connectivity index (χ3n) is 3.36. The first-order valence-corrected chi connectivity index (χ1v) is 6.31. The number of aryl methyl sites for hydroxylation is 1. The Bertz CT molecular complexity index is 710. The highest BCUT2D eigenvalue weighted by Crippen LogP contribution is 2.28. The Morgan fingerprint density at radius 1 is 1.15 bits per heavy atom. The zero-order valence-electron chi connectivity index (χ0n) is 10.7. The fourth-order valence-electron chi connectivity index (χ4n) is 2.30. The molecular weight excluding hydrogens is 254 g/mol. The van der Waals surface area contributed by atoms with Crippen molar-refractivity contribution in [2.24, 2.45) is 5.73 Å². The summed E-state index contributed by atoms with van der Waals surface area (Å²) in [6.45, 7) is 0. The van der Waals surface area contributed by atoms with Gasteiger partial charge in [0.25, 0.3) is 0 Å². The Labute approximate surface area is 115 Å². The second kappa shape index (κ2) is 4.77. The minimum atomic E-state index is -0.496. The third-order valence-corrected chi connectivity index (χ3v) is 3.36. The van der Waals surface area contributed by atoms with E-state index in [0.717, 1.165) is 28.8 Å². The summed E-state index contributed by atoms with van der Waals surface area (Å²) in [5.41, 5.74) is 9.37. The molecule has 0 saturated heterocycles. The molecule has 0 atom stereocenters. The molecule has 0 unspecified atom stereocenters. The number of amides is 2. The quantitative estimate of drug-likeness (QED) is 0.869. The molecule has 1 aliphatic rings. The maximum atomic E-state index is 11.3. The Kier molecular flexibility index (Phi) is 2.95. The predicted octanol–water partition coefficient (Wildman–Crippen LogP) is 1.73. The minimum absolute atomic E-state index is 0.0441. The number of carbonyl (C=O) groups excluding carboxylic acids is 2. The zero-order valence-corrected chi connectivity index (χ0v) is 10.7. The average molecular weight is 267 g/mol. The lowest BCUT2D eigenvalue weighted by atomic mass is 9.97. The molecule has 1 aromatic carbocycles. The molecule has 0 radical (unpaired) electrons. The van der Waals surface area contributed by atoms with Gasteiger partial charge in [0.05, 0.1) is 5.56 Å². The van der Waals surface area contributed by atoms with Gasteiger partial charge in [0, 0.05) is 30.1 Å². The Morgan fingerprint density at radius 3 is 2.80 bits per heavy atom. The monoisotopic (exact) mass is 267 g/mol. The van der Waals surface area contributed by atoms with E-state index in [1.165, 1.54) is 6.20 Å². The van der Waals surface area contributed by atoms with Crippen molar-refractivity contribution in [1.82, 2.24) is 4.98 Å². The molecule has 1 aliphatic heterocycles. The molecule has 3 rings (SSSR count). The number of nitrogens with one attached hydrogen (secondary N) is 1. The Hall–Kier alpha value is -2.69. The summed E-state index contributed by atoms with van der Waals surface area (Å²) in [5, 5.41) is 2.84. The molecule has 5 nitrogen and oxygen atoms in total. The lowest BCUT2D eigenvalue weighted by molar-refractivity contribution is -0.116. The van der Waals surface area contributed by atoms with Crippen LogP contribution in [0.5, 0.6) is 0 Å². The summed E-state index contributed by atoms with van der Waals surface area (Å²) in [6.07, 6.45) is 4.36. The largest absolute Gasteiger partial charge is 0.366 e. The summed E-state index contributed by atoms with van der Waals surface area (Å²) >= 11 is 0. The van der Waals surface area contributed by atoms with E-state index in [0.29, 0.717) is 12.0 Å². The number of benzene rings is 1. The average Bonchev–Trinajstić information content (AvgIpc) is 2.47. The zero-order chi connectivity index (χ0) is 14.1. The minimum Gasteiger partial charge on any atom is -0.366 e. The lowest BCUT2D eigenvalue weighted by Crippen LogP contribution is -2.18. The smallest absolute Gasteiger partial charge is 0.250 e. The van der Waals surface area contributed by atoms with Crippen LogP contribution in [-0.4, -0.2) is 16.8 Å². The molecule has 1 aromatic heterocycles. The molecule has 0 aliphatic carbocycles. The third kappa shape index (κ3) is 2.25. The van der Waals surface area contributed by atoms with Crippen molar-refractivity contribution in [3.8, 4) is 11.1 Å². The van der Waals surface area contributed by atoms with Gasteiger partial charge < -0.3 is 11.1 Å². The number of anilines is 1. The van der Waals surface area contributed by atoms with Crippen molar-refractivity contribution >= 4 is 17.5 Å². The van der Waals surface area contributed by atoms with Crippen LogP contribution in [-0.2, 0) is 11.2 Å². The molecule has 0 bridgehead atoms. The molecule has 5 heteroatoms. The van der Waals surface area contributed by atoms with Crippen molar-refractivity contribution in [3.63, 3.8) is 0 Å². The van der Waals surface area contributed by atoms with Crippen LogP contribution >= 0.6 is 0 Å². The van der Waals surface area contributed by atoms with Crippen LogP contribution < -0.4 is 11.1 Å². The highest BCUT2D eigenvalue weighted by molar-refractivity contribution is 5.95. The maximum absolute atomic E-state index is 11.3. The molecule has 3 N–H and O–H groups in total. The van der Waals surface area contributed by atoms with Gasteiger partial charge in [-0.1, -0.05) is 6.07 Å². The van der Waals surface area contributed by atoms with Gasteiger partial charge >= 0.3 is 0 Å². The van der Waals surface area contributed by atoms with Gasteiger partial charge in [-0.25, -0.2) is 0 Å². The fourth-order valence-corrected chi connectivity index (χ4v) is 2.30. The van der Waals surface area contributed by atoms with Crippen LogP contribution in [0.25, 0.3) is 11.1 Å². The lowest BCUT2D eigenvalue weighted by Gasteiger charge is -2.17. The summed E-state index contributed by atoms with van der Waals surface area (Å²) < 4.78 is 0. The topological polar surface area (TPSA) is 85.1 Å². The SMILES string of the molecule is NC(=O)c1cncc(-c2ccc3c(c2)CCC(=O)N3)c1. The first-order valence-electron chi connectivity index (χ1n) is 6.31. The standard InChI is InChI=1S/C15H13N3O2/c16-15(20)12-6-11(7-17-8-12)9-1-3-13-10(5-9)2-4-14(19)18-13/h1,3,5-8H,2,4H2,(H2,16,20)(H,18,19). The van der Waals surface area contributed by atoms with Crippen molar-refractivity contribution in [2.45, 2.75) is 12.8 Å². The molecule has 2 heterocycles. The number of nitrogens with zero attached hydrogens (tertiary/aromatic N) is 1. The van der Waals surface area contributed by atoms with Gasteiger partial charge in [-0.05, 0) is 35.7 Å².